The third-order valence-electron chi connectivity index (χ3n) is 3.12. The number of rotatable bonds is 5. The van der Waals surface area contributed by atoms with Gasteiger partial charge in [-0.05, 0) is 43.8 Å². The number of hydrogen-bond donors (Lipinski definition) is 1. The Morgan fingerprint density at radius 2 is 2.21 bits per heavy atom. The maximum absolute atomic E-state index is 6.10. The summed E-state index contributed by atoms with van der Waals surface area (Å²) in [4.78, 5) is 0. The average molecular weight is 300 g/mol. The van der Waals surface area contributed by atoms with Gasteiger partial charge in [-0.15, -0.1) is 0 Å². The van der Waals surface area contributed by atoms with E-state index in [0.717, 1.165) is 30.5 Å². The second-order valence-corrected chi connectivity index (χ2v) is 5.30. The van der Waals surface area contributed by atoms with Gasteiger partial charge < -0.3 is 14.8 Å². The Bertz CT molecular complexity index is 481. The van der Waals surface area contributed by atoms with E-state index in [2.05, 4.69) is 12.2 Å². The fraction of sp³-hybridized carbons (Fsp3) is 0.500. The molecule has 0 saturated carbocycles. The molecule has 1 N–H and O–H groups in total. The lowest BCUT2D eigenvalue weighted by Gasteiger charge is -2.39. The highest BCUT2D eigenvalue weighted by atomic mass is 35.5. The van der Waals surface area contributed by atoms with Gasteiger partial charge in [0.2, 0.25) is 5.79 Å². The van der Waals surface area contributed by atoms with E-state index in [9.17, 15) is 0 Å². The molecule has 1 aromatic rings. The maximum atomic E-state index is 6.10. The standard InChI is InChI=1S/C14H18ClNO2S/c1-3-5-8-14(17-4-2)11-9-10(15)6-7-12(11)16-13(19)18-14/h6-7,9H,3-5,8H2,1-2H3,(H,16,19). The van der Waals surface area contributed by atoms with Crippen molar-refractivity contribution in [2.24, 2.45) is 0 Å². The first-order valence-corrected chi connectivity index (χ1v) is 7.34. The molecule has 1 aromatic carbocycles. The molecule has 0 bridgehead atoms. The average Bonchev–Trinajstić information content (AvgIpc) is 2.38. The van der Waals surface area contributed by atoms with Crippen molar-refractivity contribution in [1.82, 2.24) is 0 Å². The monoisotopic (exact) mass is 299 g/mol. The molecule has 0 saturated heterocycles. The highest BCUT2D eigenvalue weighted by Crippen LogP contribution is 2.42. The molecule has 1 aliphatic heterocycles. The van der Waals surface area contributed by atoms with Gasteiger partial charge in [-0.2, -0.15) is 0 Å². The van der Waals surface area contributed by atoms with Crippen LogP contribution in [-0.2, 0) is 15.3 Å². The number of anilines is 1. The number of thiocarbonyl (C=S) groups is 1. The van der Waals surface area contributed by atoms with Crippen molar-refractivity contribution in [1.29, 1.82) is 0 Å². The van der Waals surface area contributed by atoms with E-state index in [4.69, 9.17) is 33.3 Å². The molecular formula is C14H18ClNO2S. The van der Waals surface area contributed by atoms with Crippen LogP contribution in [0.1, 0.15) is 38.7 Å². The fourth-order valence-corrected chi connectivity index (χ4v) is 2.71. The fourth-order valence-electron chi connectivity index (χ4n) is 2.29. The van der Waals surface area contributed by atoms with Gasteiger partial charge in [-0.3, -0.25) is 0 Å². The molecule has 104 valence electrons. The predicted octanol–water partition coefficient (Wildman–Crippen LogP) is 4.45. The highest BCUT2D eigenvalue weighted by molar-refractivity contribution is 7.80. The Morgan fingerprint density at radius 3 is 2.89 bits per heavy atom. The number of benzene rings is 1. The van der Waals surface area contributed by atoms with Crippen molar-refractivity contribution in [2.75, 3.05) is 11.9 Å². The largest absolute Gasteiger partial charge is 0.434 e. The molecule has 1 unspecified atom stereocenters. The molecule has 0 fully saturated rings. The second-order valence-electron chi connectivity index (χ2n) is 4.49. The van der Waals surface area contributed by atoms with Crippen LogP contribution in [0.2, 0.25) is 5.02 Å². The van der Waals surface area contributed by atoms with E-state index in [-0.39, 0.29) is 0 Å². The second kappa shape index (κ2) is 6.07. The summed E-state index contributed by atoms with van der Waals surface area (Å²) >= 11 is 11.3. The molecule has 0 radical (unpaired) electrons. The first-order chi connectivity index (χ1) is 9.11. The van der Waals surface area contributed by atoms with Crippen LogP contribution in [0.4, 0.5) is 5.69 Å². The number of unbranched alkanes of at least 4 members (excludes halogenated alkanes) is 1. The zero-order valence-corrected chi connectivity index (χ0v) is 12.7. The first-order valence-electron chi connectivity index (χ1n) is 6.55. The van der Waals surface area contributed by atoms with E-state index < -0.39 is 5.79 Å². The van der Waals surface area contributed by atoms with Crippen LogP contribution in [0.15, 0.2) is 18.2 Å². The number of hydrogen-bond acceptors (Lipinski definition) is 3. The molecule has 0 spiro atoms. The van der Waals surface area contributed by atoms with Crippen LogP contribution in [0, 0.1) is 0 Å². The molecule has 3 nitrogen and oxygen atoms in total. The minimum atomic E-state index is -0.812. The Morgan fingerprint density at radius 1 is 1.42 bits per heavy atom. The maximum Gasteiger partial charge on any atom is 0.263 e. The minimum absolute atomic E-state index is 0.347. The van der Waals surface area contributed by atoms with Crippen LogP contribution < -0.4 is 5.32 Å². The van der Waals surface area contributed by atoms with Crippen LogP contribution in [-0.4, -0.2) is 11.8 Å². The summed E-state index contributed by atoms with van der Waals surface area (Å²) in [5.41, 5.74) is 1.83. The van der Waals surface area contributed by atoms with Gasteiger partial charge >= 0.3 is 0 Å². The number of fused-ring (bicyclic) bond motifs is 1. The molecule has 2 rings (SSSR count). The normalized spacial score (nSPS) is 21.5. The van der Waals surface area contributed by atoms with E-state index in [1.807, 2.05) is 25.1 Å². The summed E-state index contributed by atoms with van der Waals surface area (Å²) in [6.07, 6.45) is 2.81. The van der Waals surface area contributed by atoms with Gasteiger partial charge in [0.1, 0.15) is 0 Å². The lowest BCUT2D eigenvalue weighted by molar-refractivity contribution is -0.203. The summed E-state index contributed by atoms with van der Waals surface area (Å²) in [6, 6.07) is 5.63. The Kier molecular flexibility index (Phi) is 4.66. The van der Waals surface area contributed by atoms with Crippen molar-refractivity contribution < 1.29 is 9.47 Å². The molecular weight excluding hydrogens is 282 g/mol. The quantitative estimate of drug-likeness (QED) is 0.814. The Labute approximate surface area is 124 Å². The first kappa shape index (κ1) is 14.6. The van der Waals surface area contributed by atoms with Gasteiger partial charge in [-0.25, -0.2) is 0 Å². The molecule has 19 heavy (non-hydrogen) atoms. The van der Waals surface area contributed by atoms with E-state index in [1.54, 1.807) is 0 Å². The number of halogens is 1. The van der Waals surface area contributed by atoms with Gasteiger partial charge in [0.15, 0.2) is 0 Å². The Hall–Kier alpha value is -0.840. The minimum Gasteiger partial charge on any atom is -0.434 e. The van der Waals surface area contributed by atoms with E-state index >= 15 is 0 Å². The lowest BCUT2D eigenvalue weighted by Crippen LogP contribution is -2.41. The van der Waals surface area contributed by atoms with E-state index in [1.165, 1.54) is 0 Å². The van der Waals surface area contributed by atoms with Crippen molar-refractivity contribution in [3.8, 4) is 0 Å². The summed E-state index contributed by atoms with van der Waals surface area (Å²) in [5, 5.41) is 4.06. The van der Waals surface area contributed by atoms with Gasteiger partial charge in [0.05, 0.1) is 5.69 Å². The van der Waals surface area contributed by atoms with Crippen molar-refractivity contribution in [2.45, 2.75) is 38.9 Å². The smallest absolute Gasteiger partial charge is 0.263 e. The zero-order valence-electron chi connectivity index (χ0n) is 11.2. The van der Waals surface area contributed by atoms with Gasteiger partial charge in [0.25, 0.3) is 5.17 Å². The molecule has 0 amide bonds. The van der Waals surface area contributed by atoms with Crippen molar-refractivity contribution in [3.05, 3.63) is 28.8 Å². The van der Waals surface area contributed by atoms with Gasteiger partial charge in [0, 0.05) is 23.6 Å². The lowest BCUT2D eigenvalue weighted by atomic mass is 9.96. The van der Waals surface area contributed by atoms with Crippen molar-refractivity contribution >= 4 is 34.7 Å². The summed E-state index contributed by atoms with van der Waals surface area (Å²) in [6.45, 7) is 4.64. The molecule has 1 aliphatic rings. The summed E-state index contributed by atoms with van der Waals surface area (Å²) in [5.74, 6) is -0.812. The van der Waals surface area contributed by atoms with Crippen LogP contribution in [0.25, 0.3) is 0 Å². The SMILES string of the molecule is CCCCC1(OCC)OC(=S)Nc2ccc(Cl)cc21. The molecule has 0 aliphatic carbocycles. The van der Waals surface area contributed by atoms with Crippen molar-refractivity contribution in [3.63, 3.8) is 0 Å². The zero-order chi connectivity index (χ0) is 13.9. The molecule has 5 heteroatoms. The van der Waals surface area contributed by atoms with E-state index in [0.29, 0.717) is 16.8 Å². The number of ether oxygens (including phenoxy) is 2. The molecule has 1 atom stereocenters. The Balaban J connectivity index is 2.46. The molecule has 0 aromatic heterocycles. The van der Waals surface area contributed by atoms with Crippen LogP contribution in [0.3, 0.4) is 0 Å². The number of nitrogens with one attached hydrogen (secondary N) is 1. The van der Waals surface area contributed by atoms with Gasteiger partial charge in [-0.1, -0.05) is 24.9 Å². The van der Waals surface area contributed by atoms with Crippen LogP contribution in [0.5, 0.6) is 0 Å². The third kappa shape index (κ3) is 3.02. The highest BCUT2D eigenvalue weighted by Gasteiger charge is 2.41. The van der Waals surface area contributed by atoms with Crippen LogP contribution >= 0.6 is 23.8 Å². The topological polar surface area (TPSA) is 30.5 Å². The summed E-state index contributed by atoms with van der Waals surface area (Å²) < 4.78 is 11.8. The third-order valence-corrected chi connectivity index (χ3v) is 3.54. The predicted molar refractivity (Wildman–Crippen MR) is 81.6 cm³/mol. The molecule has 1 heterocycles. The summed E-state index contributed by atoms with van der Waals surface area (Å²) in [7, 11) is 0.